The predicted octanol–water partition coefficient (Wildman–Crippen LogP) is 5.50. The molecule has 0 N–H and O–H groups in total. The van der Waals surface area contributed by atoms with E-state index >= 15 is 0 Å². The highest BCUT2D eigenvalue weighted by atomic mass is 35.5. The van der Waals surface area contributed by atoms with Crippen molar-refractivity contribution < 1.29 is 13.9 Å². The number of nitrogens with zero attached hydrogens (tertiary/aromatic N) is 2. The van der Waals surface area contributed by atoms with Gasteiger partial charge in [0.05, 0.1) is 28.5 Å². The highest BCUT2D eigenvalue weighted by molar-refractivity contribution is 7.99. The van der Waals surface area contributed by atoms with Gasteiger partial charge in [-0.05, 0) is 62.7 Å². The largest absolute Gasteiger partial charge is 0.463 e. The van der Waals surface area contributed by atoms with Crippen LogP contribution in [0.3, 0.4) is 0 Å². The number of allylic oxidation sites excluding steroid dienone is 1. The second kappa shape index (κ2) is 10.6. The third kappa shape index (κ3) is 5.23. The Morgan fingerprint density at radius 1 is 1.14 bits per heavy atom. The van der Waals surface area contributed by atoms with Crippen LogP contribution in [0, 0.1) is 6.92 Å². The number of hydrogen-bond acceptors (Lipinski definition) is 7. The average Bonchev–Trinajstić information content (AvgIpc) is 3.44. The van der Waals surface area contributed by atoms with Crippen molar-refractivity contribution in [1.29, 1.82) is 0 Å². The molecule has 3 heterocycles. The van der Waals surface area contributed by atoms with E-state index < -0.39 is 12.0 Å². The van der Waals surface area contributed by atoms with Crippen LogP contribution in [0.5, 0.6) is 0 Å². The minimum absolute atomic E-state index is 0.232. The fourth-order valence-electron chi connectivity index (χ4n) is 4.07. The number of halogens is 1. The molecule has 0 bridgehead atoms. The van der Waals surface area contributed by atoms with Crippen LogP contribution in [0.2, 0.25) is 5.02 Å². The molecule has 0 aliphatic carbocycles. The first-order chi connectivity index (χ1) is 17.8. The van der Waals surface area contributed by atoms with Gasteiger partial charge >= 0.3 is 5.97 Å². The van der Waals surface area contributed by atoms with E-state index in [0.717, 1.165) is 16.0 Å². The Morgan fingerprint density at radius 2 is 1.86 bits per heavy atom. The summed E-state index contributed by atoms with van der Waals surface area (Å²) in [4.78, 5) is 32.8. The van der Waals surface area contributed by atoms with Crippen molar-refractivity contribution in [2.45, 2.75) is 36.8 Å². The Bertz CT molecular complexity index is 1680. The number of aryl methyl sites for hydroxylation is 1. The van der Waals surface area contributed by atoms with Gasteiger partial charge in [-0.25, -0.2) is 9.79 Å². The Labute approximate surface area is 226 Å². The first kappa shape index (κ1) is 25.3. The van der Waals surface area contributed by atoms with Gasteiger partial charge in [0.15, 0.2) is 9.89 Å². The normalized spacial score (nSPS) is 15.5. The molecule has 1 aliphatic heterocycles. The highest BCUT2D eigenvalue weighted by Gasteiger charge is 2.33. The Hall–Kier alpha value is -3.33. The van der Waals surface area contributed by atoms with Crippen LogP contribution < -0.4 is 14.9 Å². The van der Waals surface area contributed by atoms with Crippen molar-refractivity contribution >= 4 is 46.7 Å². The van der Waals surface area contributed by atoms with Crippen molar-refractivity contribution in [3.8, 4) is 0 Å². The summed E-state index contributed by atoms with van der Waals surface area (Å²) < 4.78 is 13.3. The number of rotatable bonds is 6. The van der Waals surface area contributed by atoms with E-state index in [9.17, 15) is 9.59 Å². The molecule has 2 aromatic carbocycles. The molecule has 0 amide bonds. The summed E-state index contributed by atoms with van der Waals surface area (Å²) >= 11 is 8.70. The van der Waals surface area contributed by atoms with E-state index in [-0.39, 0.29) is 12.2 Å². The number of hydrogen-bond donors (Lipinski definition) is 0. The smallest absolute Gasteiger partial charge is 0.338 e. The van der Waals surface area contributed by atoms with Gasteiger partial charge < -0.3 is 9.15 Å². The summed E-state index contributed by atoms with van der Waals surface area (Å²) in [5.41, 5.74) is 2.56. The van der Waals surface area contributed by atoms with E-state index in [1.54, 1.807) is 24.5 Å². The molecule has 188 valence electrons. The van der Waals surface area contributed by atoms with Crippen molar-refractivity contribution in [3.05, 3.63) is 114 Å². The Kier molecular flexibility index (Phi) is 7.24. The molecule has 2 aromatic heterocycles. The lowest BCUT2D eigenvalue weighted by atomic mass is 9.95. The number of esters is 1. The van der Waals surface area contributed by atoms with E-state index in [2.05, 4.69) is 4.99 Å². The maximum atomic E-state index is 13.7. The second-order valence-corrected chi connectivity index (χ2v) is 10.9. The van der Waals surface area contributed by atoms with E-state index in [0.29, 0.717) is 36.5 Å². The number of benzene rings is 2. The van der Waals surface area contributed by atoms with E-state index in [1.165, 1.54) is 23.1 Å². The predicted molar refractivity (Wildman–Crippen MR) is 146 cm³/mol. The molecule has 6 nitrogen and oxygen atoms in total. The monoisotopic (exact) mass is 550 g/mol. The summed E-state index contributed by atoms with van der Waals surface area (Å²) in [6.45, 7) is 5.75. The molecule has 5 rings (SSSR count). The zero-order valence-electron chi connectivity index (χ0n) is 20.4. The molecular formula is C28H23ClN2O4S2. The quantitative estimate of drug-likeness (QED) is 0.296. The van der Waals surface area contributed by atoms with Crippen LogP contribution in [-0.4, -0.2) is 17.1 Å². The van der Waals surface area contributed by atoms with Crippen molar-refractivity contribution in [1.82, 2.24) is 4.57 Å². The Morgan fingerprint density at radius 3 is 2.57 bits per heavy atom. The molecule has 0 unspecified atom stereocenters. The molecular weight excluding hydrogens is 528 g/mol. The van der Waals surface area contributed by atoms with Crippen molar-refractivity contribution in [2.75, 3.05) is 6.61 Å². The highest BCUT2D eigenvalue weighted by Crippen LogP contribution is 2.32. The van der Waals surface area contributed by atoms with Gasteiger partial charge in [0.1, 0.15) is 5.76 Å². The molecule has 0 saturated carbocycles. The lowest BCUT2D eigenvalue weighted by Gasteiger charge is -2.24. The summed E-state index contributed by atoms with van der Waals surface area (Å²) in [6.07, 6.45) is 1.71. The third-order valence-corrected chi connectivity index (χ3v) is 7.98. The standard InChI is InChI=1S/C28H23ClN2O4S2/c1-4-34-27(33)24-17(3)30-28-31(25(24)18-7-5-16(2)6-8-18)26(32)22(37-28)15-20-11-14-23(35-20)36-21-12-9-19(29)10-13-21/h5-15,25H,4H2,1-3H3/b22-15+/t25-/m1/s1. The fraction of sp³-hybridized carbons (Fsp3) is 0.179. The summed E-state index contributed by atoms with van der Waals surface area (Å²) in [7, 11) is 0. The zero-order chi connectivity index (χ0) is 26.1. The molecule has 37 heavy (non-hydrogen) atoms. The van der Waals surface area contributed by atoms with Crippen LogP contribution in [0.25, 0.3) is 6.08 Å². The van der Waals surface area contributed by atoms with Crippen LogP contribution in [-0.2, 0) is 9.53 Å². The fourth-order valence-corrected chi connectivity index (χ4v) is 6.00. The van der Waals surface area contributed by atoms with Crippen LogP contribution >= 0.6 is 34.7 Å². The van der Waals surface area contributed by atoms with Crippen LogP contribution in [0.1, 0.15) is 36.8 Å². The molecule has 4 aromatic rings. The molecule has 0 saturated heterocycles. The minimum atomic E-state index is -0.634. The maximum absolute atomic E-state index is 13.7. The van der Waals surface area contributed by atoms with Gasteiger partial charge in [-0.3, -0.25) is 9.36 Å². The lowest BCUT2D eigenvalue weighted by Crippen LogP contribution is -2.39. The van der Waals surface area contributed by atoms with Crippen LogP contribution in [0.4, 0.5) is 0 Å². The molecule has 1 aliphatic rings. The summed E-state index contributed by atoms with van der Waals surface area (Å²) in [5.74, 6) is 0.0773. The van der Waals surface area contributed by atoms with Crippen LogP contribution in [0.15, 0.2) is 96.1 Å². The number of ether oxygens (including phenoxy) is 1. The third-order valence-electron chi connectivity index (χ3n) is 5.82. The lowest BCUT2D eigenvalue weighted by molar-refractivity contribution is -0.139. The average molecular weight is 551 g/mol. The second-order valence-electron chi connectivity index (χ2n) is 8.43. The first-order valence-corrected chi connectivity index (χ1v) is 13.6. The topological polar surface area (TPSA) is 73.8 Å². The molecule has 9 heteroatoms. The SMILES string of the molecule is CCOC(=O)C1=C(C)N=c2s/c(=C/c3ccc(Sc4ccc(Cl)cc4)o3)c(=O)n2[C@@H]1c1ccc(C)cc1. The summed E-state index contributed by atoms with van der Waals surface area (Å²) in [6, 6.07) is 18.3. The van der Waals surface area contributed by atoms with Gasteiger partial charge in [-0.1, -0.05) is 64.5 Å². The van der Waals surface area contributed by atoms with E-state index in [4.69, 9.17) is 20.8 Å². The van der Waals surface area contributed by atoms with Gasteiger partial charge in [-0.2, -0.15) is 0 Å². The number of fused-ring (bicyclic) bond motifs is 1. The molecule has 0 fully saturated rings. The summed E-state index contributed by atoms with van der Waals surface area (Å²) in [5, 5.41) is 1.37. The number of carbonyl (C=O) groups excluding carboxylic acids is 1. The number of aromatic nitrogens is 1. The van der Waals surface area contributed by atoms with Crippen molar-refractivity contribution in [2.24, 2.45) is 4.99 Å². The number of carbonyl (C=O) groups is 1. The first-order valence-electron chi connectivity index (χ1n) is 11.6. The number of furan rings is 1. The van der Waals surface area contributed by atoms with Gasteiger partial charge in [0.25, 0.3) is 5.56 Å². The maximum Gasteiger partial charge on any atom is 0.338 e. The number of thiazole rings is 1. The van der Waals surface area contributed by atoms with Gasteiger partial charge in [0.2, 0.25) is 0 Å². The zero-order valence-corrected chi connectivity index (χ0v) is 22.7. The minimum Gasteiger partial charge on any atom is -0.463 e. The van der Waals surface area contributed by atoms with Gasteiger partial charge in [0, 0.05) is 16.0 Å². The molecule has 0 spiro atoms. The van der Waals surface area contributed by atoms with E-state index in [1.807, 2.05) is 67.6 Å². The molecule has 1 atom stereocenters. The van der Waals surface area contributed by atoms with Gasteiger partial charge in [-0.15, -0.1) is 0 Å². The van der Waals surface area contributed by atoms with Crippen molar-refractivity contribution in [3.63, 3.8) is 0 Å². The molecule has 0 radical (unpaired) electrons. The Balaban J connectivity index is 1.57.